The van der Waals surface area contributed by atoms with E-state index in [-0.39, 0.29) is 6.54 Å². The number of hydrogen-bond acceptors (Lipinski definition) is 2. The molecule has 1 aliphatic carbocycles. The van der Waals surface area contributed by atoms with Gasteiger partial charge in [0.15, 0.2) is 0 Å². The van der Waals surface area contributed by atoms with Crippen molar-refractivity contribution in [3.05, 3.63) is 12.2 Å². The molecule has 1 fully saturated rings. The van der Waals surface area contributed by atoms with Gasteiger partial charge in [-0.25, -0.2) is 0 Å². The van der Waals surface area contributed by atoms with Gasteiger partial charge in [-0.15, -0.1) is 0 Å². The Kier molecular flexibility index (Phi) is 3.96. The highest BCUT2D eigenvalue weighted by molar-refractivity contribution is 5.69. The van der Waals surface area contributed by atoms with Crippen LogP contribution in [0, 0.1) is 5.92 Å². The van der Waals surface area contributed by atoms with Crippen LogP contribution in [0.15, 0.2) is 12.2 Å². The number of allylic oxidation sites excluding steroid dienone is 1. The van der Waals surface area contributed by atoms with Crippen molar-refractivity contribution in [2.45, 2.75) is 19.8 Å². The molecule has 0 saturated heterocycles. The molecule has 3 nitrogen and oxygen atoms in total. The maximum absolute atomic E-state index is 10.5. The van der Waals surface area contributed by atoms with Crippen molar-refractivity contribution in [2.24, 2.45) is 5.92 Å². The van der Waals surface area contributed by atoms with Crippen molar-refractivity contribution in [1.29, 1.82) is 0 Å². The molecule has 0 unspecified atom stereocenters. The lowest BCUT2D eigenvalue weighted by molar-refractivity contribution is -0.138. The van der Waals surface area contributed by atoms with E-state index in [4.69, 9.17) is 5.11 Å². The summed E-state index contributed by atoms with van der Waals surface area (Å²) in [5.74, 6) is 0.0229. The van der Waals surface area contributed by atoms with Gasteiger partial charge < -0.3 is 5.11 Å². The SMILES string of the molecule is C/C=C/CN(CC(=O)O)CC1CC1. The molecule has 0 atom stereocenters. The molecule has 3 heteroatoms. The van der Waals surface area contributed by atoms with Gasteiger partial charge in [0.05, 0.1) is 6.54 Å². The number of carbonyl (C=O) groups is 1. The molecule has 1 N–H and O–H groups in total. The van der Waals surface area contributed by atoms with Crippen LogP contribution in [0.2, 0.25) is 0 Å². The lowest BCUT2D eigenvalue weighted by Crippen LogP contribution is -2.31. The van der Waals surface area contributed by atoms with Gasteiger partial charge in [-0.2, -0.15) is 0 Å². The van der Waals surface area contributed by atoms with Crippen molar-refractivity contribution < 1.29 is 9.90 Å². The van der Waals surface area contributed by atoms with Gasteiger partial charge in [-0.1, -0.05) is 12.2 Å². The van der Waals surface area contributed by atoms with Gasteiger partial charge in [0.1, 0.15) is 0 Å². The van der Waals surface area contributed by atoms with Crippen LogP contribution in [0.4, 0.5) is 0 Å². The van der Waals surface area contributed by atoms with E-state index in [1.165, 1.54) is 12.8 Å². The quantitative estimate of drug-likeness (QED) is 0.632. The van der Waals surface area contributed by atoms with Crippen LogP contribution in [0.25, 0.3) is 0 Å². The Hall–Kier alpha value is -0.830. The molecule has 74 valence electrons. The van der Waals surface area contributed by atoms with Crippen LogP contribution in [0.1, 0.15) is 19.8 Å². The zero-order chi connectivity index (χ0) is 9.68. The average Bonchev–Trinajstić information content (AvgIpc) is 2.83. The molecule has 0 aromatic heterocycles. The van der Waals surface area contributed by atoms with Crippen LogP contribution < -0.4 is 0 Å². The van der Waals surface area contributed by atoms with Gasteiger partial charge in [0, 0.05) is 13.1 Å². The van der Waals surface area contributed by atoms with Crippen LogP contribution >= 0.6 is 0 Å². The third-order valence-corrected chi connectivity index (χ3v) is 2.17. The van der Waals surface area contributed by atoms with E-state index < -0.39 is 5.97 Å². The first-order valence-corrected chi connectivity index (χ1v) is 4.77. The number of carboxylic acid groups (broad SMARTS) is 1. The van der Waals surface area contributed by atoms with E-state index in [0.717, 1.165) is 19.0 Å². The molecule has 1 rings (SSSR count). The number of hydrogen-bond donors (Lipinski definition) is 1. The number of nitrogens with zero attached hydrogens (tertiary/aromatic N) is 1. The highest BCUT2D eigenvalue weighted by Crippen LogP contribution is 2.29. The third-order valence-electron chi connectivity index (χ3n) is 2.17. The standard InChI is InChI=1S/C10H17NO2/c1-2-3-6-11(8-10(12)13)7-9-4-5-9/h2-3,9H,4-8H2,1H3,(H,12,13)/b3-2+. The highest BCUT2D eigenvalue weighted by atomic mass is 16.4. The second-order valence-corrected chi connectivity index (χ2v) is 3.60. The Morgan fingerprint density at radius 3 is 2.77 bits per heavy atom. The maximum Gasteiger partial charge on any atom is 0.317 e. The van der Waals surface area contributed by atoms with E-state index in [1.54, 1.807) is 0 Å². The maximum atomic E-state index is 10.5. The van der Waals surface area contributed by atoms with Crippen LogP contribution in [-0.4, -0.2) is 35.6 Å². The minimum absolute atomic E-state index is 0.167. The zero-order valence-electron chi connectivity index (χ0n) is 8.07. The molecule has 0 amide bonds. The zero-order valence-corrected chi connectivity index (χ0v) is 8.07. The third kappa shape index (κ3) is 4.68. The fourth-order valence-electron chi connectivity index (χ4n) is 1.31. The van der Waals surface area contributed by atoms with Crippen LogP contribution in [0.5, 0.6) is 0 Å². The molecule has 0 spiro atoms. The Bertz CT molecular complexity index is 197. The first kappa shape index (κ1) is 10.3. The van der Waals surface area contributed by atoms with Gasteiger partial charge >= 0.3 is 5.97 Å². The normalized spacial score (nSPS) is 17.1. The predicted octanol–water partition coefficient (Wildman–Crippen LogP) is 1.36. The largest absolute Gasteiger partial charge is 0.480 e. The van der Waals surface area contributed by atoms with E-state index in [9.17, 15) is 4.79 Å². The monoisotopic (exact) mass is 183 g/mol. The van der Waals surface area contributed by atoms with Crippen molar-refractivity contribution in [3.8, 4) is 0 Å². The average molecular weight is 183 g/mol. The first-order valence-electron chi connectivity index (χ1n) is 4.77. The molecule has 0 aliphatic heterocycles. The van der Waals surface area contributed by atoms with Crippen molar-refractivity contribution in [2.75, 3.05) is 19.6 Å². The van der Waals surface area contributed by atoms with Gasteiger partial charge in [0.2, 0.25) is 0 Å². The first-order chi connectivity index (χ1) is 6.22. The molecule has 0 radical (unpaired) electrons. The summed E-state index contributed by atoms with van der Waals surface area (Å²) in [7, 11) is 0. The predicted molar refractivity (Wildman–Crippen MR) is 51.6 cm³/mol. The summed E-state index contributed by atoms with van der Waals surface area (Å²) in [6.45, 7) is 3.83. The van der Waals surface area contributed by atoms with E-state index >= 15 is 0 Å². The van der Waals surface area contributed by atoms with E-state index in [1.807, 2.05) is 24.0 Å². The molecule has 0 heterocycles. The minimum Gasteiger partial charge on any atom is -0.480 e. The molecular weight excluding hydrogens is 166 g/mol. The van der Waals surface area contributed by atoms with Gasteiger partial charge in [0.25, 0.3) is 0 Å². The van der Waals surface area contributed by atoms with Gasteiger partial charge in [-0.3, -0.25) is 9.69 Å². The lowest BCUT2D eigenvalue weighted by atomic mass is 10.3. The van der Waals surface area contributed by atoms with Crippen molar-refractivity contribution >= 4 is 5.97 Å². The Labute approximate surface area is 79.0 Å². The smallest absolute Gasteiger partial charge is 0.317 e. The lowest BCUT2D eigenvalue weighted by Gasteiger charge is -2.17. The molecule has 1 aliphatic rings. The summed E-state index contributed by atoms with van der Waals surface area (Å²) in [4.78, 5) is 12.5. The summed E-state index contributed by atoms with van der Waals surface area (Å²) in [6.07, 6.45) is 6.50. The van der Waals surface area contributed by atoms with E-state index in [2.05, 4.69) is 0 Å². The molecule has 0 aromatic carbocycles. The Morgan fingerprint density at radius 2 is 2.31 bits per heavy atom. The number of rotatable bonds is 6. The van der Waals surface area contributed by atoms with Gasteiger partial charge in [-0.05, 0) is 25.7 Å². The number of aliphatic carboxylic acids is 1. The second kappa shape index (κ2) is 5.02. The fraction of sp³-hybridized carbons (Fsp3) is 0.700. The second-order valence-electron chi connectivity index (χ2n) is 3.60. The summed E-state index contributed by atoms with van der Waals surface area (Å²) in [6, 6.07) is 0. The highest BCUT2D eigenvalue weighted by Gasteiger charge is 2.24. The molecule has 0 aromatic rings. The van der Waals surface area contributed by atoms with Crippen LogP contribution in [-0.2, 0) is 4.79 Å². The van der Waals surface area contributed by atoms with Crippen molar-refractivity contribution in [3.63, 3.8) is 0 Å². The summed E-state index contributed by atoms with van der Waals surface area (Å²) >= 11 is 0. The Morgan fingerprint density at radius 1 is 1.62 bits per heavy atom. The summed E-state index contributed by atoms with van der Waals surface area (Å²) in [5.41, 5.74) is 0. The molecule has 1 saturated carbocycles. The molecule has 0 bridgehead atoms. The Balaban J connectivity index is 2.27. The fourth-order valence-corrected chi connectivity index (χ4v) is 1.31. The summed E-state index contributed by atoms with van der Waals surface area (Å²) < 4.78 is 0. The van der Waals surface area contributed by atoms with Crippen molar-refractivity contribution in [1.82, 2.24) is 4.90 Å². The topological polar surface area (TPSA) is 40.5 Å². The molecular formula is C10H17NO2. The number of carboxylic acids is 1. The van der Waals surface area contributed by atoms with E-state index in [0.29, 0.717) is 0 Å². The van der Waals surface area contributed by atoms with Crippen LogP contribution in [0.3, 0.4) is 0 Å². The summed E-state index contributed by atoms with van der Waals surface area (Å²) in [5, 5.41) is 8.65. The minimum atomic E-state index is -0.731. The molecule has 13 heavy (non-hydrogen) atoms.